The molecule has 8 nitrogen and oxygen atoms in total. The minimum Gasteiger partial charge on any atom is -0.424 e. The molecule has 0 spiro atoms. The van der Waals surface area contributed by atoms with Crippen molar-refractivity contribution in [2.45, 2.75) is 71.4 Å². The fourth-order valence-electron chi connectivity index (χ4n) is 4.11. The molecule has 1 aliphatic rings. The molecule has 3 amide bonds. The van der Waals surface area contributed by atoms with Gasteiger partial charge in [-0.3, -0.25) is 4.90 Å². The summed E-state index contributed by atoms with van der Waals surface area (Å²) in [7, 11) is 0. The van der Waals surface area contributed by atoms with Crippen LogP contribution in [0.1, 0.15) is 63.8 Å². The maximum absolute atomic E-state index is 13.6. The quantitative estimate of drug-likeness (QED) is 0.200. The van der Waals surface area contributed by atoms with Gasteiger partial charge in [0.25, 0.3) is 0 Å². The Morgan fingerprint density at radius 3 is 2.73 bits per heavy atom. The Hall–Kier alpha value is -3.20. The van der Waals surface area contributed by atoms with Gasteiger partial charge < -0.3 is 9.64 Å². The zero-order chi connectivity index (χ0) is 26.5. The van der Waals surface area contributed by atoms with Crippen LogP contribution in [0.4, 0.5) is 20.4 Å². The number of urea groups is 1. The van der Waals surface area contributed by atoms with Gasteiger partial charge in [-0.25, -0.2) is 14.5 Å². The molecule has 0 saturated carbocycles. The highest BCUT2D eigenvalue weighted by molar-refractivity contribution is 7.15. The Labute approximate surface area is 224 Å². The summed E-state index contributed by atoms with van der Waals surface area (Å²) in [6.45, 7) is 9.65. The Morgan fingerprint density at radius 1 is 1.19 bits per heavy atom. The molecule has 2 aromatic rings. The first-order chi connectivity index (χ1) is 18.1. The summed E-state index contributed by atoms with van der Waals surface area (Å²) < 4.78 is 6.03. The largest absolute Gasteiger partial charge is 0.424 e. The number of nitrogens with zero attached hydrogens (tertiary/aromatic N) is 5. The van der Waals surface area contributed by atoms with Crippen LogP contribution in [0.5, 0.6) is 0 Å². The minimum absolute atomic E-state index is 0.211. The van der Waals surface area contributed by atoms with E-state index in [4.69, 9.17) is 4.74 Å². The molecule has 1 unspecified atom stereocenters. The number of amides is 3. The number of carbonyl (C=O) groups excluding carboxylic acids is 2. The molecule has 0 bridgehead atoms. The van der Waals surface area contributed by atoms with Gasteiger partial charge in [-0.1, -0.05) is 74.5 Å². The van der Waals surface area contributed by atoms with Crippen LogP contribution in [0.3, 0.4) is 0 Å². The molecule has 9 heteroatoms. The summed E-state index contributed by atoms with van der Waals surface area (Å²) in [5, 5.41) is 9.84. The zero-order valence-electron chi connectivity index (χ0n) is 22.1. The van der Waals surface area contributed by atoms with Crippen LogP contribution >= 0.6 is 11.3 Å². The summed E-state index contributed by atoms with van der Waals surface area (Å²) in [4.78, 5) is 32.0. The normalized spacial score (nSPS) is 15.8. The predicted molar refractivity (Wildman–Crippen MR) is 150 cm³/mol. The molecule has 0 radical (unpaired) electrons. The lowest BCUT2D eigenvalue weighted by atomic mass is 10.2. The van der Waals surface area contributed by atoms with Crippen molar-refractivity contribution in [1.82, 2.24) is 15.1 Å². The number of anilines is 2. The van der Waals surface area contributed by atoms with Gasteiger partial charge in [0.15, 0.2) is 6.23 Å². The van der Waals surface area contributed by atoms with Crippen LogP contribution < -0.4 is 9.80 Å². The van der Waals surface area contributed by atoms with Crippen LogP contribution in [0.15, 0.2) is 55.1 Å². The summed E-state index contributed by atoms with van der Waals surface area (Å²) in [5.74, 6) is 0. The molecule has 0 N–H and O–H groups in total. The number of hydrogen-bond donors (Lipinski definition) is 0. The van der Waals surface area contributed by atoms with Gasteiger partial charge in [0.2, 0.25) is 5.13 Å². The number of carbonyl (C=O) groups is 2. The predicted octanol–water partition coefficient (Wildman–Crippen LogP) is 6.80. The third kappa shape index (κ3) is 8.15. The lowest BCUT2D eigenvalue weighted by molar-refractivity contribution is 0.0756. The number of unbranched alkanes of at least 4 members (excludes halogenated alkanes) is 2. The van der Waals surface area contributed by atoms with E-state index in [0.717, 1.165) is 49.2 Å². The number of rotatable bonds is 14. The third-order valence-corrected chi connectivity index (χ3v) is 7.10. The molecule has 200 valence electrons. The van der Waals surface area contributed by atoms with Gasteiger partial charge in [0, 0.05) is 38.2 Å². The van der Waals surface area contributed by atoms with Crippen molar-refractivity contribution >= 4 is 34.3 Å². The fourth-order valence-corrected chi connectivity index (χ4v) is 5.00. The Bertz CT molecular complexity index is 1030. The molecule has 37 heavy (non-hydrogen) atoms. The van der Waals surface area contributed by atoms with E-state index < -0.39 is 12.3 Å². The highest BCUT2D eigenvalue weighted by Crippen LogP contribution is 2.30. The summed E-state index contributed by atoms with van der Waals surface area (Å²) >= 11 is 1.36. The van der Waals surface area contributed by atoms with E-state index in [1.807, 2.05) is 36.4 Å². The average Bonchev–Trinajstić information content (AvgIpc) is 3.38. The van der Waals surface area contributed by atoms with Gasteiger partial charge in [0.05, 0.1) is 0 Å². The van der Waals surface area contributed by atoms with Gasteiger partial charge >= 0.3 is 12.1 Å². The highest BCUT2D eigenvalue weighted by Gasteiger charge is 2.39. The van der Waals surface area contributed by atoms with Crippen molar-refractivity contribution in [2.24, 2.45) is 0 Å². The number of ether oxygens (including phenoxy) is 1. The van der Waals surface area contributed by atoms with Crippen molar-refractivity contribution in [3.8, 4) is 0 Å². The molecule has 1 atom stereocenters. The van der Waals surface area contributed by atoms with Gasteiger partial charge in [-0.2, -0.15) is 0 Å². The number of benzene rings is 1. The SMILES string of the molecule is C=CCCc1nnc(N2C(=O)N(CC/C=C/CC)CCC2OC(=O)N(CCCCC)c2ccccc2)s1. The lowest BCUT2D eigenvalue weighted by Gasteiger charge is -2.39. The van der Waals surface area contributed by atoms with Crippen molar-refractivity contribution in [3.63, 3.8) is 0 Å². The van der Waals surface area contributed by atoms with Crippen LogP contribution in [0, 0.1) is 0 Å². The summed E-state index contributed by atoms with van der Waals surface area (Å²) in [5.41, 5.74) is 0.782. The Balaban J connectivity index is 1.81. The minimum atomic E-state index is -0.750. The molecule has 1 aliphatic heterocycles. The zero-order valence-corrected chi connectivity index (χ0v) is 22.9. The number of aryl methyl sites for hydroxylation is 1. The topological polar surface area (TPSA) is 78.9 Å². The molecular formula is C28H39N5O3S. The maximum atomic E-state index is 13.6. The van der Waals surface area contributed by atoms with Gasteiger partial charge in [0.1, 0.15) is 5.01 Å². The van der Waals surface area contributed by atoms with Gasteiger partial charge in [-0.15, -0.1) is 16.8 Å². The maximum Gasteiger partial charge on any atom is 0.416 e. The van der Waals surface area contributed by atoms with Crippen LogP contribution in [-0.4, -0.2) is 53.1 Å². The molecular weight excluding hydrogens is 486 g/mol. The van der Waals surface area contributed by atoms with E-state index in [1.165, 1.54) is 16.2 Å². The monoisotopic (exact) mass is 525 g/mol. The average molecular weight is 526 g/mol. The van der Waals surface area contributed by atoms with Crippen LogP contribution in [0.25, 0.3) is 0 Å². The molecule has 3 rings (SSSR count). The van der Waals surface area contributed by atoms with Crippen molar-refractivity contribution in [1.29, 1.82) is 0 Å². The first-order valence-electron chi connectivity index (χ1n) is 13.3. The van der Waals surface area contributed by atoms with Crippen molar-refractivity contribution in [2.75, 3.05) is 29.4 Å². The van der Waals surface area contributed by atoms with Crippen molar-refractivity contribution < 1.29 is 14.3 Å². The number of aromatic nitrogens is 2. The number of para-hydroxylation sites is 1. The Kier molecular flexibility index (Phi) is 11.6. The van der Waals surface area contributed by atoms with E-state index in [1.54, 1.807) is 9.80 Å². The highest BCUT2D eigenvalue weighted by atomic mass is 32.1. The molecule has 1 aromatic carbocycles. The molecule has 0 aliphatic carbocycles. The second kappa shape index (κ2) is 15.1. The smallest absolute Gasteiger partial charge is 0.416 e. The molecule has 1 fully saturated rings. The second-order valence-electron chi connectivity index (χ2n) is 8.94. The lowest BCUT2D eigenvalue weighted by Crippen LogP contribution is -2.57. The standard InChI is InChI=1S/C28H39N5O3S/c1-4-7-10-15-20-31-22-19-25(33(27(31)34)26-30-29-24(37-26)18-9-6-3)36-28(35)32(21-14-8-5-2)23-16-12-11-13-17-23/h6-7,10-13,16-17,25H,3-5,8-9,14-15,18-22H2,1-2H3/b10-7+. The van der Waals surface area contributed by atoms with Crippen molar-refractivity contribution in [3.05, 3.63) is 60.1 Å². The third-order valence-electron chi connectivity index (χ3n) is 6.11. The van der Waals surface area contributed by atoms with E-state index in [0.29, 0.717) is 37.6 Å². The first kappa shape index (κ1) is 28.4. The summed E-state index contributed by atoms with van der Waals surface area (Å²) in [6, 6.07) is 9.33. The summed E-state index contributed by atoms with van der Waals surface area (Å²) in [6.07, 6.45) is 11.5. The van der Waals surface area contributed by atoms with Crippen LogP contribution in [0.2, 0.25) is 0 Å². The van der Waals surface area contributed by atoms with E-state index in [-0.39, 0.29) is 6.03 Å². The molecule has 1 aromatic heterocycles. The van der Waals surface area contributed by atoms with E-state index in [2.05, 4.69) is 42.8 Å². The Morgan fingerprint density at radius 2 is 2.00 bits per heavy atom. The fraction of sp³-hybridized carbons (Fsp3) is 0.500. The van der Waals surface area contributed by atoms with Crippen LogP contribution in [-0.2, 0) is 11.2 Å². The first-order valence-corrected chi connectivity index (χ1v) is 14.1. The van der Waals surface area contributed by atoms with E-state index in [9.17, 15) is 9.59 Å². The number of hydrogen-bond acceptors (Lipinski definition) is 6. The number of allylic oxidation sites excluding steroid dienone is 2. The molecule has 1 saturated heterocycles. The molecule has 2 heterocycles. The van der Waals surface area contributed by atoms with Gasteiger partial charge in [-0.05, 0) is 37.8 Å². The second-order valence-corrected chi connectivity index (χ2v) is 9.98. The van der Waals surface area contributed by atoms with E-state index >= 15 is 0 Å².